The summed E-state index contributed by atoms with van der Waals surface area (Å²) >= 11 is 0. The normalized spacial score (nSPS) is 51.7. The molecule has 7 aliphatic heterocycles. The molecule has 7 heterocycles. The molecule has 5 aliphatic carbocycles. The minimum Gasteiger partial charge on any atom is -0.481 e. The van der Waals surface area contributed by atoms with Gasteiger partial charge in [-0.15, -0.1) is 0 Å². The SMILES string of the molecule is C[C@@H]1O[C@@H](O[C@H]2[C@@H](O)[C@@H](C)O[C@@H](OC(=O)[C@]34CCC(C)(C)C[C@H]3C3=CC[C@@H]5[C@@]6(C)C[C@H](O)[C@H](O[C@@H]7O[C@H](CO)[C@@H](O)[C@H](O)[C@H]7O)[C@@](C)(C(=O)O)[C@@H]6CC[C@@]5(C)[C@]3(CO)CC4)[C@@H]2O[C@@H]2O[C@@H](C)[C@H](O[C@@H]3OC[C@@H](O[C@@H]4O[C@H](CO)[C@H](O)[C@H](O)[C@H]4O)[C@H](O)[C@H]3O)[C@@H](O[C@@H]3OC[C@](O)(COC(=O)CC(C)(O)CC(=O)O)[C@H]3O)[C@H]2O)[C@H](O)[C@H](O)[C@H]1O. The molecule has 4 saturated carbocycles. The van der Waals surface area contributed by atoms with E-state index in [-0.39, 0.29) is 38.5 Å². The summed E-state index contributed by atoms with van der Waals surface area (Å²) in [5, 5.41) is 246. The highest BCUT2D eigenvalue weighted by Crippen LogP contribution is 2.76. The first kappa shape index (κ1) is 92.5. The van der Waals surface area contributed by atoms with Crippen LogP contribution in [0.15, 0.2) is 11.6 Å². The molecule has 0 aromatic heterocycles. The number of carbonyl (C=O) groups excluding carboxylic acids is 2. The average molecular weight is 1690 g/mol. The summed E-state index contributed by atoms with van der Waals surface area (Å²) in [5.74, 6) is -6.86. The number of fused-ring (bicyclic) bond motifs is 7. The van der Waals surface area contributed by atoms with Gasteiger partial charge >= 0.3 is 23.9 Å². The first-order chi connectivity index (χ1) is 54.6. The van der Waals surface area contributed by atoms with E-state index in [9.17, 15) is 127 Å². The van der Waals surface area contributed by atoms with Crippen molar-refractivity contribution in [3.05, 3.63) is 11.6 Å². The number of aliphatic carboxylic acids is 2. The maximum atomic E-state index is 16.4. The zero-order chi connectivity index (χ0) is 86.0. The zero-order valence-electron chi connectivity index (χ0n) is 66.5. The van der Waals surface area contributed by atoms with Crippen LogP contribution in [-0.2, 0) is 90.2 Å². The number of allylic oxidation sites excluding steroid dienone is 1. The average Bonchev–Trinajstić information content (AvgIpc) is 1.02. The van der Waals surface area contributed by atoms with Crippen molar-refractivity contribution in [2.45, 2.75) is 347 Å². The highest BCUT2D eigenvalue weighted by atomic mass is 16.8. The van der Waals surface area contributed by atoms with Gasteiger partial charge in [-0.25, -0.2) is 0 Å². The number of esters is 2. The van der Waals surface area contributed by atoms with E-state index in [0.29, 0.717) is 19.3 Å². The molecule has 41 heteroatoms. The number of carboxylic acids is 2. The molecular weight excluding hydrogens is 1570 g/mol. The predicted molar refractivity (Wildman–Crippen MR) is 381 cm³/mol. The summed E-state index contributed by atoms with van der Waals surface area (Å²) in [6.45, 7) is 9.77. The summed E-state index contributed by atoms with van der Waals surface area (Å²) in [6.07, 6.45) is -59.0. The van der Waals surface area contributed by atoms with E-state index >= 15 is 4.79 Å². The number of carbonyl (C=O) groups is 4. The summed E-state index contributed by atoms with van der Waals surface area (Å²) in [7, 11) is 0. The first-order valence-electron chi connectivity index (χ1n) is 40.1. The predicted octanol–water partition coefficient (Wildman–Crippen LogP) is -7.03. The fourth-order valence-corrected chi connectivity index (χ4v) is 21.4. The highest BCUT2D eigenvalue weighted by Gasteiger charge is 2.74. The minimum atomic E-state index is -2.56. The lowest BCUT2D eigenvalue weighted by atomic mass is 9.33. The molecule has 670 valence electrons. The van der Waals surface area contributed by atoms with Gasteiger partial charge < -0.3 is 183 Å². The second-order valence-electron chi connectivity index (χ2n) is 36.5. The molecule has 0 spiro atoms. The third-order valence-corrected chi connectivity index (χ3v) is 28.3. The van der Waals surface area contributed by atoms with Crippen LogP contribution < -0.4 is 0 Å². The van der Waals surface area contributed by atoms with Gasteiger partial charge in [-0.05, 0) is 126 Å². The summed E-state index contributed by atoms with van der Waals surface area (Å²) in [6, 6.07) is 0. The summed E-state index contributed by atoms with van der Waals surface area (Å²) < 4.78 is 91.0. The largest absolute Gasteiger partial charge is 0.481 e. The van der Waals surface area contributed by atoms with Crippen LogP contribution in [0.2, 0.25) is 0 Å². The van der Waals surface area contributed by atoms with Crippen molar-refractivity contribution < 1.29 is 203 Å². The number of carboxylic acid groups (broad SMARTS) is 2. The van der Waals surface area contributed by atoms with E-state index in [1.807, 2.05) is 33.8 Å². The lowest BCUT2D eigenvalue weighted by molar-refractivity contribution is -0.398. The number of hydrogen-bond donors (Lipinski definition) is 22. The zero-order valence-corrected chi connectivity index (χ0v) is 66.5. The molecule has 43 atom stereocenters. The molecule has 41 nitrogen and oxygen atoms in total. The number of ether oxygens (including phenoxy) is 15. The van der Waals surface area contributed by atoms with Crippen molar-refractivity contribution in [3.63, 3.8) is 0 Å². The van der Waals surface area contributed by atoms with E-state index in [1.54, 1.807) is 0 Å². The van der Waals surface area contributed by atoms with E-state index in [4.69, 9.17) is 71.1 Å². The minimum absolute atomic E-state index is 0.0419. The molecule has 117 heavy (non-hydrogen) atoms. The standard InChI is InChI=1S/C76H120O41/c1-28-41(84)46(89)50(93)61(106-28)113-55-42(85)29(2)107-65(117-68(100)74-15-14-69(4,5)18-32(74)31-10-11-37-71(7)19-33(80)59(116-63-52(95)48(91)44(87)35(23-78)110-63)73(9,67(98)99)38(71)12-13-72(37,8)75(31,25-79)17-16-74)57(55)115-64-53(96)56(114-66-58(97)76(102,27-105-66)26-104-40(83)21-70(6,101)20-39(81)82)54(30(3)108-64)112-60-49(92)45(88)36(24-103-60)111-62-51(94)47(90)43(86)34(22-77)109-62/h10,28-30,32-38,41-66,77-80,84-97,101-102H,11-27H2,1-9H3,(H,81,82)(H,98,99)/t28-,29+,30-,32-,33-,34+,35+,36+,37+,38+,41-,42-,43-,44+,45-,46+,47-,48-,49+,50+,51+,52+,53+,54-,55-,56-,57+,58-,59-,60-,61-,62-,63-,64-,65-,66-,70?,71+,72+,73-,74-,75-,76+/m0/s1. The van der Waals surface area contributed by atoms with Crippen molar-refractivity contribution in [2.75, 3.05) is 39.6 Å². The molecule has 12 aliphatic rings. The molecule has 0 aromatic carbocycles. The van der Waals surface area contributed by atoms with Gasteiger partial charge in [0.15, 0.2) is 49.4 Å². The third kappa shape index (κ3) is 16.7. The van der Waals surface area contributed by atoms with Crippen LogP contribution in [0.5, 0.6) is 0 Å². The van der Waals surface area contributed by atoms with E-state index in [2.05, 4.69) is 0 Å². The van der Waals surface area contributed by atoms with Crippen LogP contribution in [0.25, 0.3) is 0 Å². The van der Waals surface area contributed by atoms with Gasteiger partial charge in [-0.2, -0.15) is 0 Å². The van der Waals surface area contributed by atoms with Gasteiger partial charge in [0.25, 0.3) is 0 Å². The number of hydrogen-bond acceptors (Lipinski definition) is 39. The highest BCUT2D eigenvalue weighted by molar-refractivity contribution is 5.79. The fraction of sp³-hybridized carbons (Fsp3) is 0.921. The Morgan fingerprint density at radius 3 is 1.67 bits per heavy atom. The Kier molecular flexibility index (Phi) is 27.4. The Labute approximate surface area is 672 Å². The maximum Gasteiger partial charge on any atom is 0.315 e. The van der Waals surface area contributed by atoms with E-state index in [0.717, 1.165) is 12.5 Å². The lowest BCUT2D eigenvalue weighted by Gasteiger charge is -2.71. The van der Waals surface area contributed by atoms with Crippen molar-refractivity contribution in [1.29, 1.82) is 0 Å². The van der Waals surface area contributed by atoms with Gasteiger partial charge in [0.2, 0.25) is 6.29 Å². The fourth-order valence-electron chi connectivity index (χ4n) is 21.4. The number of aliphatic hydroxyl groups is 20. The summed E-state index contributed by atoms with van der Waals surface area (Å²) in [4.78, 5) is 54.8. The molecule has 0 amide bonds. The van der Waals surface area contributed by atoms with Crippen LogP contribution in [0.3, 0.4) is 0 Å². The molecule has 11 fully saturated rings. The second-order valence-corrected chi connectivity index (χ2v) is 36.5. The monoisotopic (exact) mass is 1690 g/mol. The Morgan fingerprint density at radius 1 is 0.530 bits per heavy atom. The van der Waals surface area contributed by atoms with E-state index in [1.165, 1.54) is 27.7 Å². The molecule has 0 radical (unpaired) electrons. The van der Waals surface area contributed by atoms with Crippen LogP contribution in [-0.4, -0.2) is 390 Å². The van der Waals surface area contributed by atoms with Crippen LogP contribution in [0.1, 0.15) is 133 Å². The Bertz CT molecular complexity index is 3500. The van der Waals surface area contributed by atoms with Crippen molar-refractivity contribution in [3.8, 4) is 0 Å². The Hall–Kier alpha value is -3.70. The van der Waals surface area contributed by atoms with Gasteiger partial charge in [-0.1, -0.05) is 39.3 Å². The Morgan fingerprint density at radius 2 is 1.06 bits per heavy atom. The number of rotatable bonds is 24. The number of aliphatic hydroxyl groups excluding tert-OH is 18. The molecule has 0 aromatic rings. The molecule has 7 saturated heterocycles. The quantitative estimate of drug-likeness (QED) is 0.0243. The maximum absolute atomic E-state index is 16.4. The van der Waals surface area contributed by atoms with Gasteiger partial charge in [0.05, 0.1) is 86.7 Å². The second kappa shape index (κ2) is 34.7. The molecule has 12 rings (SSSR count). The molecule has 0 bridgehead atoms. The first-order valence-corrected chi connectivity index (χ1v) is 40.1. The summed E-state index contributed by atoms with van der Waals surface area (Å²) in [5.41, 5.74) is -10.9. The molecular formula is C76H120O41. The van der Waals surface area contributed by atoms with Gasteiger partial charge in [-0.3, -0.25) is 19.2 Å². The van der Waals surface area contributed by atoms with Crippen LogP contribution in [0, 0.1) is 50.2 Å². The van der Waals surface area contributed by atoms with Crippen molar-refractivity contribution >= 4 is 23.9 Å². The third-order valence-electron chi connectivity index (χ3n) is 28.3. The van der Waals surface area contributed by atoms with Gasteiger partial charge in [0, 0.05) is 5.41 Å². The smallest absolute Gasteiger partial charge is 0.315 e. The van der Waals surface area contributed by atoms with Crippen LogP contribution >= 0.6 is 0 Å². The Balaban J connectivity index is 0.855. The van der Waals surface area contributed by atoms with Crippen LogP contribution in [0.4, 0.5) is 0 Å². The van der Waals surface area contributed by atoms with Crippen molar-refractivity contribution in [1.82, 2.24) is 0 Å². The lowest BCUT2D eigenvalue weighted by Crippen LogP contribution is -2.71. The molecule has 22 N–H and O–H groups in total. The van der Waals surface area contributed by atoms with Crippen molar-refractivity contribution in [2.24, 2.45) is 50.2 Å². The molecule has 1 unspecified atom stereocenters. The topological polar surface area (TPSA) is 652 Å². The van der Waals surface area contributed by atoms with E-state index < -0.39 is 341 Å². The van der Waals surface area contributed by atoms with Gasteiger partial charge in [0.1, 0.15) is 135 Å².